The van der Waals surface area contributed by atoms with E-state index in [9.17, 15) is 9.59 Å². The van der Waals surface area contributed by atoms with Crippen molar-refractivity contribution in [1.82, 2.24) is 14.9 Å². The number of carbonyl (C=O) groups is 2. The van der Waals surface area contributed by atoms with Gasteiger partial charge in [0, 0.05) is 13.2 Å². The number of aliphatic carboxylic acids is 1. The molecule has 1 rings (SSSR count). The highest BCUT2D eigenvalue weighted by Gasteiger charge is 2.25. The summed E-state index contributed by atoms with van der Waals surface area (Å²) in [6.45, 7) is 1.29. The van der Waals surface area contributed by atoms with E-state index in [2.05, 4.69) is 10.3 Å². The zero-order valence-electron chi connectivity index (χ0n) is 8.91. The maximum atomic E-state index is 11.5. The molecular weight excluding hydrogens is 214 g/mol. The number of nitrogens with one attached hydrogen (secondary N) is 1. The number of amides is 1. The summed E-state index contributed by atoms with van der Waals surface area (Å²) < 4.78 is 1.56. The van der Waals surface area contributed by atoms with Crippen LogP contribution >= 0.6 is 0 Å². The lowest BCUT2D eigenvalue weighted by molar-refractivity contribution is -0.141. The van der Waals surface area contributed by atoms with Gasteiger partial charge in [-0.3, -0.25) is 4.79 Å². The van der Waals surface area contributed by atoms with Crippen molar-refractivity contribution in [1.29, 1.82) is 0 Å². The molecule has 0 bridgehead atoms. The summed E-state index contributed by atoms with van der Waals surface area (Å²) in [4.78, 5) is 26.0. The van der Waals surface area contributed by atoms with Gasteiger partial charge in [0.25, 0.3) is 5.91 Å². The van der Waals surface area contributed by atoms with Crippen molar-refractivity contribution in [3.63, 3.8) is 0 Å². The van der Waals surface area contributed by atoms with Gasteiger partial charge in [0.15, 0.2) is 6.04 Å². The molecule has 1 aromatic heterocycles. The fourth-order valence-corrected chi connectivity index (χ4v) is 1.13. The monoisotopic (exact) mass is 227 g/mol. The number of aryl methyl sites for hydroxylation is 1. The van der Waals surface area contributed by atoms with Crippen LogP contribution < -0.4 is 5.32 Å². The smallest absolute Gasteiger partial charge is 0.328 e. The van der Waals surface area contributed by atoms with Crippen molar-refractivity contribution in [3.05, 3.63) is 18.2 Å². The summed E-state index contributed by atoms with van der Waals surface area (Å²) in [5.74, 6) is -1.92. The van der Waals surface area contributed by atoms with Crippen molar-refractivity contribution < 1.29 is 19.8 Å². The quantitative estimate of drug-likeness (QED) is 0.611. The number of aliphatic hydroxyl groups is 1. The molecular formula is C9H13N3O4. The Kier molecular flexibility index (Phi) is 3.62. The fourth-order valence-electron chi connectivity index (χ4n) is 1.13. The predicted molar refractivity (Wildman–Crippen MR) is 53.8 cm³/mol. The van der Waals surface area contributed by atoms with Crippen LogP contribution in [0.1, 0.15) is 17.4 Å². The molecule has 0 fully saturated rings. The Labute approximate surface area is 91.7 Å². The molecule has 7 nitrogen and oxygen atoms in total. The van der Waals surface area contributed by atoms with Gasteiger partial charge in [0.1, 0.15) is 5.69 Å². The lowest BCUT2D eigenvalue weighted by Crippen LogP contribution is -2.47. The van der Waals surface area contributed by atoms with Gasteiger partial charge in [-0.15, -0.1) is 0 Å². The number of aromatic nitrogens is 2. The highest BCUT2D eigenvalue weighted by molar-refractivity contribution is 5.94. The average molecular weight is 227 g/mol. The first-order valence-corrected chi connectivity index (χ1v) is 4.61. The summed E-state index contributed by atoms with van der Waals surface area (Å²) in [7, 11) is 1.69. The van der Waals surface area contributed by atoms with Crippen LogP contribution in [0.4, 0.5) is 0 Å². The molecule has 0 aliphatic heterocycles. The molecule has 1 aromatic rings. The van der Waals surface area contributed by atoms with Gasteiger partial charge in [-0.05, 0) is 6.92 Å². The van der Waals surface area contributed by atoms with Gasteiger partial charge in [-0.25, -0.2) is 9.78 Å². The number of carbonyl (C=O) groups excluding carboxylic acids is 1. The first-order valence-electron chi connectivity index (χ1n) is 4.61. The first kappa shape index (κ1) is 12.2. The van der Waals surface area contributed by atoms with Gasteiger partial charge >= 0.3 is 5.97 Å². The van der Waals surface area contributed by atoms with Crippen molar-refractivity contribution in [2.75, 3.05) is 0 Å². The first-order chi connectivity index (χ1) is 7.41. The molecule has 0 radical (unpaired) electrons. The van der Waals surface area contributed by atoms with Gasteiger partial charge in [-0.2, -0.15) is 0 Å². The molecule has 0 saturated heterocycles. The van der Waals surface area contributed by atoms with Crippen molar-refractivity contribution in [2.45, 2.75) is 19.1 Å². The van der Waals surface area contributed by atoms with Crippen molar-refractivity contribution >= 4 is 11.9 Å². The van der Waals surface area contributed by atoms with Crippen LogP contribution in [0.25, 0.3) is 0 Å². The SMILES string of the molecule is C[C@@H](O)[C@H](NC(=O)c1cn(C)cn1)C(=O)O. The lowest BCUT2D eigenvalue weighted by Gasteiger charge is -2.15. The molecule has 88 valence electrons. The zero-order valence-corrected chi connectivity index (χ0v) is 8.91. The molecule has 1 heterocycles. The second-order valence-electron chi connectivity index (χ2n) is 3.45. The zero-order chi connectivity index (χ0) is 12.3. The van der Waals surface area contributed by atoms with Crippen LogP contribution in [0.2, 0.25) is 0 Å². The molecule has 7 heteroatoms. The molecule has 1 amide bonds. The summed E-state index contributed by atoms with van der Waals surface area (Å²) in [6.07, 6.45) is 1.70. The van der Waals surface area contributed by atoms with E-state index in [0.29, 0.717) is 0 Å². The van der Waals surface area contributed by atoms with Crippen LogP contribution in [-0.4, -0.2) is 43.8 Å². The predicted octanol–water partition coefficient (Wildman–Crippen LogP) is -1.02. The van der Waals surface area contributed by atoms with Crippen molar-refractivity contribution in [3.8, 4) is 0 Å². The Hall–Kier alpha value is -1.89. The van der Waals surface area contributed by atoms with E-state index < -0.39 is 24.0 Å². The van der Waals surface area contributed by atoms with Crippen molar-refractivity contribution in [2.24, 2.45) is 7.05 Å². The van der Waals surface area contributed by atoms with Gasteiger partial charge in [0.2, 0.25) is 0 Å². The van der Waals surface area contributed by atoms with Crippen LogP contribution in [0, 0.1) is 0 Å². The van der Waals surface area contributed by atoms with Gasteiger partial charge in [0.05, 0.1) is 12.4 Å². The molecule has 0 aliphatic rings. The number of imidazole rings is 1. The molecule has 0 aromatic carbocycles. The Morgan fingerprint density at radius 3 is 2.56 bits per heavy atom. The molecule has 0 spiro atoms. The number of nitrogens with zero attached hydrogens (tertiary/aromatic N) is 2. The third kappa shape index (κ3) is 2.80. The minimum atomic E-state index is -1.34. The number of carboxylic acid groups (broad SMARTS) is 1. The van der Waals surface area contributed by atoms with E-state index in [1.54, 1.807) is 11.6 Å². The van der Waals surface area contributed by atoms with E-state index in [4.69, 9.17) is 10.2 Å². The van der Waals surface area contributed by atoms with Crippen LogP contribution in [0.15, 0.2) is 12.5 Å². The fraction of sp³-hybridized carbons (Fsp3) is 0.444. The third-order valence-electron chi connectivity index (χ3n) is 1.97. The largest absolute Gasteiger partial charge is 0.480 e. The highest BCUT2D eigenvalue weighted by atomic mass is 16.4. The number of aliphatic hydroxyl groups excluding tert-OH is 1. The summed E-state index contributed by atoms with van der Waals surface area (Å²) in [6, 6.07) is -1.34. The van der Waals surface area contributed by atoms with E-state index in [1.807, 2.05) is 0 Å². The lowest BCUT2D eigenvalue weighted by atomic mass is 10.2. The maximum Gasteiger partial charge on any atom is 0.328 e. The third-order valence-corrected chi connectivity index (χ3v) is 1.97. The maximum absolute atomic E-state index is 11.5. The molecule has 0 unspecified atom stereocenters. The average Bonchev–Trinajstić information content (AvgIpc) is 2.59. The van der Waals surface area contributed by atoms with E-state index >= 15 is 0 Å². The van der Waals surface area contributed by atoms with E-state index in [1.165, 1.54) is 19.4 Å². The second-order valence-corrected chi connectivity index (χ2v) is 3.45. The Bertz CT molecular complexity index is 399. The summed E-state index contributed by atoms with van der Waals surface area (Å²) in [5, 5.41) is 20.1. The van der Waals surface area contributed by atoms with E-state index in [0.717, 1.165) is 0 Å². The summed E-state index contributed by atoms with van der Waals surface area (Å²) in [5.41, 5.74) is 0.106. The standard InChI is InChI=1S/C9H13N3O4/c1-5(13)7(9(15)16)11-8(14)6-3-12(2)4-10-6/h3-5,7,13H,1-2H3,(H,11,14)(H,15,16)/t5-,7+/m1/s1. The molecule has 0 aliphatic carbocycles. The highest BCUT2D eigenvalue weighted by Crippen LogP contribution is 1.98. The Morgan fingerprint density at radius 2 is 2.19 bits per heavy atom. The minimum Gasteiger partial charge on any atom is -0.480 e. The molecule has 3 N–H and O–H groups in total. The summed E-state index contributed by atoms with van der Waals surface area (Å²) >= 11 is 0. The number of hydrogen-bond donors (Lipinski definition) is 3. The van der Waals surface area contributed by atoms with E-state index in [-0.39, 0.29) is 5.69 Å². The number of rotatable bonds is 4. The van der Waals surface area contributed by atoms with Crippen LogP contribution in [0.5, 0.6) is 0 Å². The number of carboxylic acids is 1. The molecule has 16 heavy (non-hydrogen) atoms. The number of hydrogen-bond acceptors (Lipinski definition) is 4. The second kappa shape index (κ2) is 4.75. The normalized spacial score (nSPS) is 14.2. The Balaban J connectivity index is 2.73. The Morgan fingerprint density at radius 1 is 1.56 bits per heavy atom. The molecule has 2 atom stereocenters. The van der Waals surface area contributed by atoms with Gasteiger partial charge in [-0.1, -0.05) is 0 Å². The molecule has 0 saturated carbocycles. The topological polar surface area (TPSA) is 104 Å². The van der Waals surface area contributed by atoms with Crippen LogP contribution in [-0.2, 0) is 11.8 Å². The minimum absolute atomic E-state index is 0.106. The van der Waals surface area contributed by atoms with Gasteiger partial charge < -0.3 is 20.1 Å². The van der Waals surface area contributed by atoms with Crippen LogP contribution in [0.3, 0.4) is 0 Å².